The molecule has 1 aromatic carbocycles. The van der Waals surface area contributed by atoms with Crippen molar-refractivity contribution in [2.75, 3.05) is 25.1 Å². The molecular formula is C15H25NO. The molecule has 96 valence electrons. The monoisotopic (exact) mass is 235 g/mol. The second-order valence-corrected chi connectivity index (χ2v) is 4.85. The number of benzene rings is 1. The van der Waals surface area contributed by atoms with Gasteiger partial charge in [0.2, 0.25) is 0 Å². The molecule has 0 spiro atoms. The molecule has 0 bridgehead atoms. The number of unbranched alkanes of at least 4 members (excludes halogenated alkanes) is 3. The molecule has 0 saturated heterocycles. The van der Waals surface area contributed by atoms with Crippen LogP contribution in [0.4, 0.5) is 5.69 Å². The van der Waals surface area contributed by atoms with Gasteiger partial charge in [-0.3, -0.25) is 0 Å². The van der Waals surface area contributed by atoms with E-state index in [2.05, 4.69) is 44.0 Å². The van der Waals surface area contributed by atoms with E-state index in [9.17, 15) is 0 Å². The van der Waals surface area contributed by atoms with E-state index in [4.69, 9.17) is 5.11 Å². The topological polar surface area (TPSA) is 23.5 Å². The van der Waals surface area contributed by atoms with Gasteiger partial charge < -0.3 is 10.0 Å². The van der Waals surface area contributed by atoms with Crippen molar-refractivity contribution in [3.05, 3.63) is 29.3 Å². The van der Waals surface area contributed by atoms with Crippen LogP contribution in [-0.4, -0.2) is 25.3 Å². The largest absolute Gasteiger partial charge is 0.396 e. The van der Waals surface area contributed by atoms with Crippen molar-refractivity contribution in [1.29, 1.82) is 0 Å². The Morgan fingerprint density at radius 2 is 1.76 bits per heavy atom. The molecule has 0 aliphatic rings. The SMILES string of the molecule is Cc1ccc(N(C)CCCCCCO)c(C)c1. The summed E-state index contributed by atoms with van der Waals surface area (Å²) in [5.41, 5.74) is 4.00. The molecule has 0 aliphatic carbocycles. The fourth-order valence-electron chi connectivity index (χ4n) is 2.17. The minimum absolute atomic E-state index is 0.326. The average Bonchev–Trinajstić information content (AvgIpc) is 2.28. The van der Waals surface area contributed by atoms with Crippen molar-refractivity contribution < 1.29 is 5.11 Å². The van der Waals surface area contributed by atoms with E-state index in [1.807, 2.05) is 0 Å². The van der Waals surface area contributed by atoms with Crippen LogP contribution in [0.3, 0.4) is 0 Å². The summed E-state index contributed by atoms with van der Waals surface area (Å²) in [7, 11) is 2.16. The average molecular weight is 235 g/mol. The summed E-state index contributed by atoms with van der Waals surface area (Å²) in [6, 6.07) is 6.61. The number of rotatable bonds is 7. The molecular weight excluding hydrogens is 210 g/mol. The molecule has 0 saturated carbocycles. The molecule has 0 aromatic heterocycles. The van der Waals surface area contributed by atoms with Gasteiger partial charge in [0.05, 0.1) is 0 Å². The highest BCUT2D eigenvalue weighted by Crippen LogP contribution is 2.20. The first-order chi connectivity index (χ1) is 8.15. The summed E-state index contributed by atoms with van der Waals surface area (Å²) >= 11 is 0. The smallest absolute Gasteiger partial charge is 0.0431 e. The summed E-state index contributed by atoms with van der Waals surface area (Å²) in [6.45, 7) is 5.72. The van der Waals surface area contributed by atoms with Gasteiger partial charge in [-0.05, 0) is 38.3 Å². The van der Waals surface area contributed by atoms with Gasteiger partial charge in [-0.1, -0.05) is 30.5 Å². The van der Waals surface area contributed by atoms with E-state index in [-0.39, 0.29) is 0 Å². The number of aliphatic hydroxyl groups excluding tert-OH is 1. The van der Waals surface area contributed by atoms with E-state index < -0.39 is 0 Å². The number of aliphatic hydroxyl groups is 1. The minimum Gasteiger partial charge on any atom is -0.396 e. The van der Waals surface area contributed by atoms with Crippen LogP contribution in [0.5, 0.6) is 0 Å². The third-order valence-corrected chi connectivity index (χ3v) is 3.17. The van der Waals surface area contributed by atoms with Crippen molar-refractivity contribution >= 4 is 5.69 Å². The van der Waals surface area contributed by atoms with Crippen LogP contribution >= 0.6 is 0 Å². The van der Waals surface area contributed by atoms with E-state index in [0.717, 1.165) is 19.4 Å². The van der Waals surface area contributed by atoms with E-state index in [1.165, 1.54) is 29.7 Å². The lowest BCUT2D eigenvalue weighted by Gasteiger charge is -2.21. The Morgan fingerprint density at radius 1 is 1.06 bits per heavy atom. The van der Waals surface area contributed by atoms with Gasteiger partial charge in [-0.2, -0.15) is 0 Å². The Morgan fingerprint density at radius 3 is 2.41 bits per heavy atom. The number of aryl methyl sites for hydroxylation is 2. The second kappa shape index (κ2) is 7.33. The third kappa shape index (κ3) is 4.78. The molecule has 1 aromatic rings. The molecule has 1 rings (SSSR count). The molecule has 0 fully saturated rings. The molecule has 0 aliphatic heterocycles. The molecule has 0 heterocycles. The summed E-state index contributed by atoms with van der Waals surface area (Å²) in [6.07, 6.45) is 4.48. The maximum atomic E-state index is 8.70. The van der Waals surface area contributed by atoms with E-state index in [1.54, 1.807) is 0 Å². The van der Waals surface area contributed by atoms with Crippen LogP contribution in [0.1, 0.15) is 36.8 Å². The standard InChI is InChI=1S/C15H25NO/c1-13-8-9-15(14(2)12-13)16(3)10-6-4-5-7-11-17/h8-9,12,17H,4-7,10-11H2,1-3H3. The molecule has 0 radical (unpaired) electrons. The van der Waals surface area contributed by atoms with Crippen LogP contribution in [0.25, 0.3) is 0 Å². The molecule has 0 amide bonds. The fraction of sp³-hybridized carbons (Fsp3) is 0.600. The molecule has 2 heteroatoms. The highest BCUT2D eigenvalue weighted by molar-refractivity contribution is 5.53. The Kier molecular flexibility index (Phi) is 6.06. The minimum atomic E-state index is 0.326. The van der Waals surface area contributed by atoms with Gasteiger partial charge in [0, 0.05) is 25.9 Å². The molecule has 17 heavy (non-hydrogen) atoms. The fourth-order valence-corrected chi connectivity index (χ4v) is 2.17. The molecule has 0 unspecified atom stereocenters. The van der Waals surface area contributed by atoms with Crippen molar-refractivity contribution in [1.82, 2.24) is 0 Å². The lowest BCUT2D eigenvalue weighted by molar-refractivity contribution is 0.282. The zero-order valence-corrected chi connectivity index (χ0v) is 11.4. The predicted octanol–water partition coefficient (Wildman–Crippen LogP) is 3.29. The van der Waals surface area contributed by atoms with Crippen LogP contribution < -0.4 is 4.90 Å². The van der Waals surface area contributed by atoms with Crippen molar-refractivity contribution in [3.8, 4) is 0 Å². The number of hydrogen-bond acceptors (Lipinski definition) is 2. The second-order valence-electron chi connectivity index (χ2n) is 4.85. The number of anilines is 1. The highest BCUT2D eigenvalue weighted by Gasteiger charge is 2.03. The van der Waals surface area contributed by atoms with Crippen LogP contribution in [0, 0.1) is 13.8 Å². The zero-order valence-electron chi connectivity index (χ0n) is 11.4. The lowest BCUT2D eigenvalue weighted by atomic mass is 10.1. The predicted molar refractivity (Wildman–Crippen MR) is 74.7 cm³/mol. The summed E-state index contributed by atoms with van der Waals surface area (Å²) in [5, 5.41) is 8.70. The molecule has 1 N–H and O–H groups in total. The van der Waals surface area contributed by atoms with Gasteiger partial charge in [0.1, 0.15) is 0 Å². The number of hydrogen-bond donors (Lipinski definition) is 1. The van der Waals surface area contributed by atoms with Gasteiger partial charge in [-0.15, -0.1) is 0 Å². The molecule has 2 nitrogen and oxygen atoms in total. The normalized spacial score (nSPS) is 10.6. The maximum Gasteiger partial charge on any atom is 0.0431 e. The Labute approximate surface area is 105 Å². The van der Waals surface area contributed by atoms with Crippen LogP contribution in [0.2, 0.25) is 0 Å². The van der Waals surface area contributed by atoms with Crippen LogP contribution in [-0.2, 0) is 0 Å². The summed E-state index contributed by atoms with van der Waals surface area (Å²) in [5.74, 6) is 0. The van der Waals surface area contributed by atoms with Gasteiger partial charge in [0.15, 0.2) is 0 Å². The summed E-state index contributed by atoms with van der Waals surface area (Å²) < 4.78 is 0. The van der Waals surface area contributed by atoms with Gasteiger partial charge in [-0.25, -0.2) is 0 Å². The van der Waals surface area contributed by atoms with Crippen molar-refractivity contribution in [3.63, 3.8) is 0 Å². The lowest BCUT2D eigenvalue weighted by Crippen LogP contribution is -2.19. The van der Waals surface area contributed by atoms with E-state index in [0.29, 0.717) is 6.61 Å². The Balaban J connectivity index is 2.38. The first-order valence-electron chi connectivity index (χ1n) is 6.54. The maximum absolute atomic E-state index is 8.70. The first kappa shape index (κ1) is 14.0. The zero-order chi connectivity index (χ0) is 12.7. The summed E-state index contributed by atoms with van der Waals surface area (Å²) in [4.78, 5) is 2.33. The Bertz CT molecular complexity index is 336. The van der Waals surface area contributed by atoms with Crippen LogP contribution in [0.15, 0.2) is 18.2 Å². The quantitative estimate of drug-likeness (QED) is 0.733. The first-order valence-corrected chi connectivity index (χ1v) is 6.54. The Hall–Kier alpha value is -1.02. The third-order valence-electron chi connectivity index (χ3n) is 3.17. The van der Waals surface area contributed by atoms with Crippen molar-refractivity contribution in [2.24, 2.45) is 0 Å². The van der Waals surface area contributed by atoms with Gasteiger partial charge >= 0.3 is 0 Å². The number of nitrogens with zero attached hydrogens (tertiary/aromatic N) is 1. The van der Waals surface area contributed by atoms with E-state index >= 15 is 0 Å². The van der Waals surface area contributed by atoms with Crippen molar-refractivity contribution in [2.45, 2.75) is 39.5 Å². The molecule has 0 atom stereocenters. The highest BCUT2D eigenvalue weighted by atomic mass is 16.2. The van der Waals surface area contributed by atoms with Gasteiger partial charge in [0.25, 0.3) is 0 Å².